The molecule has 0 bridgehead atoms. The topological polar surface area (TPSA) is 48.1 Å². The van der Waals surface area contributed by atoms with E-state index in [2.05, 4.69) is 33.1 Å². The van der Waals surface area contributed by atoms with Gasteiger partial charge >= 0.3 is 0 Å². The number of hydrogen-bond acceptors (Lipinski definition) is 4. The molecule has 0 atom stereocenters. The molecule has 0 aliphatic carbocycles. The molecule has 2 heterocycles. The first-order valence-corrected chi connectivity index (χ1v) is 7.80. The van der Waals surface area contributed by atoms with E-state index >= 15 is 0 Å². The van der Waals surface area contributed by atoms with Gasteiger partial charge in [0.25, 0.3) is 0 Å². The van der Waals surface area contributed by atoms with Crippen LogP contribution in [-0.2, 0) is 6.54 Å². The Balaban J connectivity index is 1.53. The molecule has 1 aliphatic rings. The van der Waals surface area contributed by atoms with Gasteiger partial charge < -0.3 is 4.90 Å². The Kier molecular flexibility index (Phi) is 4.71. The molecule has 22 heavy (non-hydrogen) atoms. The van der Waals surface area contributed by atoms with Gasteiger partial charge in [0.05, 0.1) is 18.2 Å². The summed E-state index contributed by atoms with van der Waals surface area (Å²) in [6.07, 6.45) is 5.01. The van der Waals surface area contributed by atoms with Crippen molar-refractivity contribution in [1.82, 2.24) is 14.7 Å². The average Bonchev–Trinajstić information content (AvgIpc) is 2.97. The summed E-state index contributed by atoms with van der Waals surface area (Å²) in [6.45, 7) is 6.30. The highest BCUT2D eigenvalue weighted by Gasteiger charge is 2.15. The monoisotopic (exact) mass is 295 g/mol. The minimum Gasteiger partial charge on any atom is -0.370 e. The molecule has 0 spiro atoms. The molecule has 0 N–H and O–H groups in total. The van der Waals surface area contributed by atoms with Crippen LogP contribution in [0, 0.1) is 11.3 Å². The van der Waals surface area contributed by atoms with Crippen LogP contribution in [0.1, 0.15) is 12.0 Å². The second kappa shape index (κ2) is 7.10. The van der Waals surface area contributed by atoms with Gasteiger partial charge in [0, 0.05) is 44.3 Å². The molecular weight excluding hydrogens is 274 g/mol. The molecule has 0 saturated carbocycles. The highest BCUT2D eigenvalue weighted by Crippen LogP contribution is 2.17. The van der Waals surface area contributed by atoms with E-state index < -0.39 is 0 Å². The molecule has 1 aliphatic heterocycles. The molecule has 1 fully saturated rings. The summed E-state index contributed by atoms with van der Waals surface area (Å²) in [5.74, 6) is 0. The van der Waals surface area contributed by atoms with Gasteiger partial charge in [0.15, 0.2) is 0 Å². The van der Waals surface area contributed by atoms with Crippen molar-refractivity contribution in [3.8, 4) is 6.07 Å². The molecule has 0 radical (unpaired) electrons. The summed E-state index contributed by atoms with van der Waals surface area (Å²) in [5, 5.41) is 13.1. The van der Waals surface area contributed by atoms with Crippen molar-refractivity contribution >= 4 is 5.69 Å². The van der Waals surface area contributed by atoms with Crippen LogP contribution in [0.2, 0.25) is 0 Å². The minimum atomic E-state index is 0.722. The lowest BCUT2D eigenvalue weighted by molar-refractivity contribution is 0.276. The maximum Gasteiger partial charge on any atom is 0.0991 e. The first kappa shape index (κ1) is 14.6. The maximum atomic E-state index is 8.88. The quantitative estimate of drug-likeness (QED) is 0.865. The van der Waals surface area contributed by atoms with Gasteiger partial charge in [-0.25, -0.2) is 0 Å². The molecule has 1 saturated heterocycles. The number of rotatable bonds is 4. The van der Waals surface area contributed by atoms with Crippen molar-refractivity contribution in [2.24, 2.45) is 0 Å². The lowest BCUT2D eigenvalue weighted by atomic mass is 10.2. The van der Waals surface area contributed by atoms with Gasteiger partial charge in [-0.2, -0.15) is 10.4 Å². The van der Waals surface area contributed by atoms with Crippen molar-refractivity contribution in [1.29, 1.82) is 5.26 Å². The summed E-state index contributed by atoms with van der Waals surface area (Å²) in [4.78, 5) is 4.92. The Labute approximate surface area is 131 Å². The Morgan fingerprint density at radius 1 is 1.05 bits per heavy atom. The number of nitrogens with zero attached hydrogens (tertiary/aromatic N) is 5. The normalized spacial score (nSPS) is 16.2. The summed E-state index contributed by atoms with van der Waals surface area (Å²) in [6, 6.07) is 12.0. The number of nitriles is 1. The number of benzene rings is 1. The first-order chi connectivity index (χ1) is 10.8. The summed E-state index contributed by atoms with van der Waals surface area (Å²) in [5.41, 5.74) is 1.94. The molecule has 114 valence electrons. The van der Waals surface area contributed by atoms with E-state index in [4.69, 9.17) is 5.26 Å². The van der Waals surface area contributed by atoms with Crippen LogP contribution in [0.25, 0.3) is 0 Å². The van der Waals surface area contributed by atoms with E-state index in [0.29, 0.717) is 0 Å². The fourth-order valence-corrected chi connectivity index (χ4v) is 2.88. The molecule has 0 unspecified atom stereocenters. The maximum absolute atomic E-state index is 8.88. The van der Waals surface area contributed by atoms with Crippen LogP contribution in [0.15, 0.2) is 42.7 Å². The van der Waals surface area contributed by atoms with Crippen molar-refractivity contribution in [3.05, 3.63) is 48.3 Å². The number of aromatic nitrogens is 2. The van der Waals surface area contributed by atoms with E-state index in [1.165, 1.54) is 12.1 Å². The molecule has 5 heteroatoms. The van der Waals surface area contributed by atoms with Crippen LogP contribution in [0.4, 0.5) is 5.69 Å². The second-order valence-electron chi connectivity index (χ2n) is 5.61. The number of hydrogen-bond donors (Lipinski definition) is 0. The van der Waals surface area contributed by atoms with E-state index in [1.807, 2.05) is 35.3 Å². The molecular formula is C17H21N5. The van der Waals surface area contributed by atoms with Crippen molar-refractivity contribution in [2.75, 3.05) is 37.6 Å². The predicted octanol–water partition coefficient (Wildman–Crippen LogP) is 1.97. The van der Waals surface area contributed by atoms with Crippen LogP contribution in [-0.4, -0.2) is 47.4 Å². The van der Waals surface area contributed by atoms with Crippen LogP contribution >= 0.6 is 0 Å². The highest BCUT2D eigenvalue weighted by atomic mass is 15.3. The Morgan fingerprint density at radius 2 is 1.91 bits per heavy atom. The summed E-state index contributed by atoms with van der Waals surface area (Å²) < 4.78 is 1.99. The predicted molar refractivity (Wildman–Crippen MR) is 86.7 cm³/mol. The van der Waals surface area contributed by atoms with Crippen LogP contribution < -0.4 is 4.90 Å². The minimum absolute atomic E-state index is 0.722. The van der Waals surface area contributed by atoms with Gasteiger partial charge in [-0.1, -0.05) is 0 Å². The SMILES string of the molecule is N#Cc1ccc(N2CCCN(CCn3cccn3)CC2)cc1. The zero-order chi connectivity index (χ0) is 15.2. The van der Waals surface area contributed by atoms with Gasteiger partial charge in [0.1, 0.15) is 0 Å². The zero-order valence-corrected chi connectivity index (χ0v) is 12.7. The van der Waals surface area contributed by atoms with Crippen molar-refractivity contribution in [3.63, 3.8) is 0 Å². The van der Waals surface area contributed by atoms with Gasteiger partial charge in [-0.15, -0.1) is 0 Å². The lowest BCUT2D eigenvalue weighted by Crippen LogP contribution is -2.32. The molecule has 2 aromatic rings. The van der Waals surface area contributed by atoms with E-state index in [-0.39, 0.29) is 0 Å². The zero-order valence-electron chi connectivity index (χ0n) is 12.7. The highest BCUT2D eigenvalue weighted by molar-refractivity contribution is 5.49. The molecule has 3 rings (SSSR count). The third-order valence-corrected chi connectivity index (χ3v) is 4.15. The first-order valence-electron chi connectivity index (χ1n) is 7.80. The van der Waals surface area contributed by atoms with E-state index in [1.54, 1.807) is 0 Å². The third-order valence-electron chi connectivity index (χ3n) is 4.15. The van der Waals surface area contributed by atoms with E-state index in [0.717, 1.165) is 44.8 Å². The van der Waals surface area contributed by atoms with Crippen molar-refractivity contribution in [2.45, 2.75) is 13.0 Å². The van der Waals surface area contributed by atoms with Gasteiger partial charge in [0.2, 0.25) is 0 Å². The summed E-state index contributed by atoms with van der Waals surface area (Å²) >= 11 is 0. The smallest absolute Gasteiger partial charge is 0.0991 e. The fourth-order valence-electron chi connectivity index (χ4n) is 2.88. The van der Waals surface area contributed by atoms with Crippen molar-refractivity contribution < 1.29 is 0 Å². The largest absolute Gasteiger partial charge is 0.370 e. The Bertz CT molecular complexity index is 611. The van der Waals surface area contributed by atoms with Crippen LogP contribution in [0.5, 0.6) is 0 Å². The Morgan fingerprint density at radius 3 is 2.64 bits per heavy atom. The third kappa shape index (κ3) is 3.66. The van der Waals surface area contributed by atoms with Gasteiger partial charge in [-0.05, 0) is 43.3 Å². The van der Waals surface area contributed by atoms with Gasteiger partial charge in [-0.3, -0.25) is 9.58 Å². The second-order valence-corrected chi connectivity index (χ2v) is 5.61. The fraction of sp³-hybridized carbons (Fsp3) is 0.412. The molecule has 5 nitrogen and oxygen atoms in total. The lowest BCUT2D eigenvalue weighted by Gasteiger charge is -2.23. The average molecular weight is 295 g/mol. The molecule has 1 aromatic heterocycles. The summed E-state index contributed by atoms with van der Waals surface area (Å²) in [7, 11) is 0. The standard InChI is InChI=1S/C17H21N5/c18-15-16-3-5-17(6-4-16)21-9-2-8-20(11-13-21)12-14-22-10-1-7-19-22/h1,3-7,10H,2,8-9,11-14H2. The van der Waals surface area contributed by atoms with E-state index in [9.17, 15) is 0 Å². The Hall–Kier alpha value is -2.32. The van der Waals surface area contributed by atoms with Crippen LogP contribution in [0.3, 0.4) is 0 Å². The molecule has 1 aromatic carbocycles. The number of anilines is 1. The molecule has 0 amide bonds.